The van der Waals surface area contributed by atoms with Gasteiger partial charge in [0, 0.05) is 24.4 Å². The van der Waals surface area contributed by atoms with Gasteiger partial charge >= 0.3 is 0 Å². The van der Waals surface area contributed by atoms with Crippen molar-refractivity contribution in [3.05, 3.63) is 30.1 Å². The molecule has 0 aliphatic carbocycles. The summed E-state index contributed by atoms with van der Waals surface area (Å²) in [7, 11) is 1.94. The van der Waals surface area contributed by atoms with Crippen LogP contribution in [0.15, 0.2) is 24.4 Å². The normalized spacial score (nSPS) is 12.0. The summed E-state index contributed by atoms with van der Waals surface area (Å²) in [6.45, 7) is 0. The summed E-state index contributed by atoms with van der Waals surface area (Å²) < 4.78 is 0. The number of rotatable bonds is 5. The SMILES string of the molecule is C#CCC(CCc1ccccn1)NC. The van der Waals surface area contributed by atoms with Crippen LogP contribution in [0.1, 0.15) is 18.5 Å². The largest absolute Gasteiger partial charge is 0.316 e. The zero-order valence-electron chi connectivity index (χ0n) is 8.53. The quantitative estimate of drug-likeness (QED) is 0.710. The Labute approximate surface area is 85.8 Å². The number of nitrogens with zero attached hydrogens (tertiary/aromatic N) is 1. The molecule has 0 aliphatic rings. The van der Waals surface area contributed by atoms with Gasteiger partial charge < -0.3 is 5.32 Å². The molecule has 0 spiro atoms. The first kappa shape index (κ1) is 10.7. The Morgan fingerprint density at radius 3 is 3.00 bits per heavy atom. The molecule has 0 saturated carbocycles. The molecule has 2 nitrogen and oxygen atoms in total. The summed E-state index contributed by atoms with van der Waals surface area (Å²) in [6.07, 6.45) is 9.89. The van der Waals surface area contributed by atoms with Crippen molar-refractivity contribution in [2.75, 3.05) is 7.05 Å². The van der Waals surface area contributed by atoms with Crippen molar-refractivity contribution in [3.63, 3.8) is 0 Å². The first-order chi connectivity index (χ1) is 6.86. The number of hydrogen-bond donors (Lipinski definition) is 1. The summed E-state index contributed by atoms with van der Waals surface area (Å²) in [5.74, 6) is 2.67. The van der Waals surface area contributed by atoms with Crippen LogP contribution in [0.5, 0.6) is 0 Å². The zero-order chi connectivity index (χ0) is 10.2. The molecule has 1 rings (SSSR count). The van der Waals surface area contributed by atoms with E-state index in [0.29, 0.717) is 6.04 Å². The summed E-state index contributed by atoms with van der Waals surface area (Å²) in [5, 5.41) is 3.20. The minimum absolute atomic E-state index is 0.405. The molecule has 74 valence electrons. The third-order valence-corrected chi connectivity index (χ3v) is 2.25. The van der Waals surface area contributed by atoms with Crippen LogP contribution < -0.4 is 5.32 Å². The van der Waals surface area contributed by atoms with Crippen LogP contribution in [0.3, 0.4) is 0 Å². The first-order valence-corrected chi connectivity index (χ1v) is 4.87. The molecule has 1 unspecified atom stereocenters. The van der Waals surface area contributed by atoms with Gasteiger partial charge in [-0.05, 0) is 32.0 Å². The van der Waals surface area contributed by atoms with Gasteiger partial charge in [-0.2, -0.15) is 0 Å². The van der Waals surface area contributed by atoms with Crippen LogP contribution in [0, 0.1) is 12.3 Å². The smallest absolute Gasteiger partial charge is 0.0404 e. The topological polar surface area (TPSA) is 24.9 Å². The van der Waals surface area contributed by atoms with Gasteiger partial charge in [0.2, 0.25) is 0 Å². The van der Waals surface area contributed by atoms with Crippen molar-refractivity contribution >= 4 is 0 Å². The fourth-order valence-electron chi connectivity index (χ4n) is 1.36. The monoisotopic (exact) mass is 188 g/mol. The zero-order valence-corrected chi connectivity index (χ0v) is 8.53. The van der Waals surface area contributed by atoms with Gasteiger partial charge in [-0.25, -0.2) is 0 Å². The van der Waals surface area contributed by atoms with Gasteiger partial charge in [0.15, 0.2) is 0 Å². The minimum Gasteiger partial charge on any atom is -0.316 e. The van der Waals surface area contributed by atoms with E-state index in [1.807, 2.05) is 31.4 Å². The van der Waals surface area contributed by atoms with Crippen LogP contribution in [0.4, 0.5) is 0 Å². The first-order valence-electron chi connectivity index (χ1n) is 4.87. The molecule has 0 bridgehead atoms. The predicted molar refractivity (Wildman–Crippen MR) is 58.9 cm³/mol. The Balaban J connectivity index is 2.36. The highest BCUT2D eigenvalue weighted by atomic mass is 14.9. The van der Waals surface area contributed by atoms with Crippen molar-refractivity contribution in [3.8, 4) is 12.3 Å². The Morgan fingerprint density at radius 1 is 1.57 bits per heavy atom. The van der Waals surface area contributed by atoms with Crippen molar-refractivity contribution in [2.24, 2.45) is 0 Å². The van der Waals surface area contributed by atoms with Gasteiger partial charge in [-0.15, -0.1) is 12.3 Å². The Bertz CT molecular complexity index is 287. The molecule has 0 radical (unpaired) electrons. The third-order valence-electron chi connectivity index (χ3n) is 2.25. The van der Waals surface area contributed by atoms with E-state index in [9.17, 15) is 0 Å². The van der Waals surface area contributed by atoms with Crippen LogP contribution in [-0.4, -0.2) is 18.1 Å². The Morgan fingerprint density at radius 2 is 2.43 bits per heavy atom. The number of terminal acetylenes is 1. The summed E-state index contributed by atoms with van der Waals surface area (Å²) in [5.41, 5.74) is 1.13. The van der Waals surface area contributed by atoms with Gasteiger partial charge in [0.1, 0.15) is 0 Å². The van der Waals surface area contributed by atoms with E-state index in [-0.39, 0.29) is 0 Å². The highest BCUT2D eigenvalue weighted by Gasteiger charge is 2.04. The molecule has 0 amide bonds. The summed E-state index contributed by atoms with van der Waals surface area (Å²) >= 11 is 0. The molecule has 0 fully saturated rings. The molecule has 1 heterocycles. The molecule has 1 aromatic rings. The molecule has 0 saturated heterocycles. The lowest BCUT2D eigenvalue weighted by atomic mass is 10.1. The molecular weight excluding hydrogens is 172 g/mol. The maximum Gasteiger partial charge on any atom is 0.0404 e. The summed E-state index contributed by atoms with van der Waals surface area (Å²) in [4.78, 5) is 4.27. The molecule has 1 atom stereocenters. The van der Waals surface area contributed by atoms with E-state index in [0.717, 1.165) is 25.0 Å². The average Bonchev–Trinajstić information content (AvgIpc) is 2.25. The second kappa shape index (κ2) is 6.17. The van der Waals surface area contributed by atoms with Crippen molar-refractivity contribution in [1.29, 1.82) is 0 Å². The fraction of sp³-hybridized carbons (Fsp3) is 0.417. The lowest BCUT2D eigenvalue weighted by Gasteiger charge is -2.12. The van der Waals surface area contributed by atoms with E-state index in [2.05, 4.69) is 16.2 Å². The molecule has 0 aliphatic heterocycles. The summed E-state index contributed by atoms with van der Waals surface area (Å²) in [6, 6.07) is 6.39. The van der Waals surface area contributed by atoms with Crippen molar-refractivity contribution in [1.82, 2.24) is 10.3 Å². The van der Waals surface area contributed by atoms with Gasteiger partial charge in [0.25, 0.3) is 0 Å². The van der Waals surface area contributed by atoms with Crippen LogP contribution in [-0.2, 0) is 6.42 Å². The van der Waals surface area contributed by atoms with E-state index >= 15 is 0 Å². The van der Waals surface area contributed by atoms with Crippen LogP contribution in [0.25, 0.3) is 0 Å². The van der Waals surface area contributed by atoms with Gasteiger partial charge in [-0.1, -0.05) is 6.07 Å². The second-order valence-corrected chi connectivity index (χ2v) is 3.25. The number of hydrogen-bond acceptors (Lipinski definition) is 2. The molecule has 14 heavy (non-hydrogen) atoms. The lowest BCUT2D eigenvalue weighted by Crippen LogP contribution is -2.25. The third kappa shape index (κ3) is 3.59. The molecule has 0 aromatic carbocycles. The molecule has 2 heteroatoms. The predicted octanol–water partition coefficient (Wildman–Crippen LogP) is 1.63. The molecular formula is C12H16N2. The van der Waals surface area contributed by atoms with E-state index in [1.54, 1.807) is 0 Å². The maximum atomic E-state index is 5.27. The Kier molecular flexibility index (Phi) is 4.74. The average molecular weight is 188 g/mol. The fourth-order valence-corrected chi connectivity index (χ4v) is 1.36. The lowest BCUT2D eigenvalue weighted by molar-refractivity contribution is 0.531. The highest BCUT2D eigenvalue weighted by Crippen LogP contribution is 2.03. The van der Waals surface area contributed by atoms with Crippen LogP contribution in [0.2, 0.25) is 0 Å². The standard InChI is InChI=1S/C12H16N2/c1-3-6-11(13-2)8-9-12-7-4-5-10-14-12/h1,4-5,7,10-11,13H,6,8-9H2,2H3. The second-order valence-electron chi connectivity index (χ2n) is 3.25. The van der Waals surface area contributed by atoms with E-state index < -0.39 is 0 Å². The number of aryl methyl sites for hydroxylation is 1. The number of aromatic nitrogens is 1. The van der Waals surface area contributed by atoms with Crippen molar-refractivity contribution < 1.29 is 0 Å². The Hall–Kier alpha value is -1.33. The number of nitrogens with one attached hydrogen (secondary N) is 1. The minimum atomic E-state index is 0.405. The molecule has 1 aromatic heterocycles. The van der Waals surface area contributed by atoms with Crippen molar-refractivity contribution in [2.45, 2.75) is 25.3 Å². The maximum absolute atomic E-state index is 5.27. The van der Waals surface area contributed by atoms with E-state index in [4.69, 9.17) is 6.42 Å². The van der Waals surface area contributed by atoms with Gasteiger partial charge in [0.05, 0.1) is 0 Å². The van der Waals surface area contributed by atoms with E-state index in [1.165, 1.54) is 0 Å². The van der Waals surface area contributed by atoms with Crippen LogP contribution >= 0.6 is 0 Å². The number of pyridine rings is 1. The molecule has 1 N–H and O–H groups in total. The highest BCUT2D eigenvalue weighted by molar-refractivity contribution is 5.04. The van der Waals surface area contributed by atoms with Gasteiger partial charge in [-0.3, -0.25) is 4.98 Å².